The summed E-state index contributed by atoms with van der Waals surface area (Å²) < 4.78 is 0. The zero-order valence-corrected chi connectivity index (χ0v) is 13.0. The van der Waals surface area contributed by atoms with E-state index in [0.29, 0.717) is 6.04 Å². The van der Waals surface area contributed by atoms with Gasteiger partial charge in [0.05, 0.1) is 10.9 Å². The summed E-state index contributed by atoms with van der Waals surface area (Å²) in [7, 11) is 0. The van der Waals surface area contributed by atoms with Crippen molar-refractivity contribution in [1.29, 1.82) is 0 Å². The molecule has 2 heterocycles. The van der Waals surface area contributed by atoms with Crippen LogP contribution in [0.2, 0.25) is 0 Å². The van der Waals surface area contributed by atoms with E-state index in [4.69, 9.17) is 0 Å². The largest absolute Gasteiger partial charge is 0.308 e. The molecule has 1 aliphatic carbocycles. The van der Waals surface area contributed by atoms with Gasteiger partial charge in [0.2, 0.25) is 0 Å². The van der Waals surface area contributed by atoms with Gasteiger partial charge in [-0.1, -0.05) is 18.3 Å². The highest BCUT2D eigenvalue weighted by atomic mass is 32.1. The maximum absolute atomic E-state index is 4.37. The highest BCUT2D eigenvalue weighted by Gasteiger charge is 2.18. The van der Waals surface area contributed by atoms with Gasteiger partial charge < -0.3 is 5.32 Å². The van der Waals surface area contributed by atoms with Crippen LogP contribution in [0, 0.1) is 0 Å². The van der Waals surface area contributed by atoms with Crippen LogP contribution < -0.4 is 5.32 Å². The molecular weight excluding hydrogens is 274 g/mol. The molecule has 0 bridgehead atoms. The van der Waals surface area contributed by atoms with E-state index < -0.39 is 0 Å². The topological polar surface area (TPSA) is 37.8 Å². The third-order valence-electron chi connectivity index (χ3n) is 3.47. The molecule has 19 heavy (non-hydrogen) atoms. The van der Waals surface area contributed by atoms with Crippen molar-refractivity contribution in [2.45, 2.75) is 45.6 Å². The summed E-state index contributed by atoms with van der Waals surface area (Å²) >= 11 is 3.63. The summed E-state index contributed by atoms with van der Waals surface area (Å²) in [5.41, 5.74) is 1.54. The molecular formula is C14H19N3S2. The van der Waals surface area contributed by atoms with Crippen molar-refractivity contribution in [1.82, 2.24) is 15.5 Å². The van der Waals surface area contributed by atoms with Gasteiger partial charge in [0.1, 0.15) is 5.01 Å². The van der Waals surface area contributed by atoms with Crippen molar-refractivity contribution >= 4 is 22.7 Å². The SMILES string of the molecule is CCCNC(C)c1nnc(-c2cc3c(s2)CCC3)s1. The van der Waals surface area contributed by atoms with E-state index in [1.54, 1.807) is 16.2 Å². The fourth-order valence-corrected chi connectivity index (χ4v) is 4.56. The van der Waals surface area contributed by atoms with E-state index in [0.717, 1.165) is 23.0 Å². The second-order valence-electron chi connectivity index (χ2n) is 5.03. The van der Waals surface area contributed by atoms with Crippen LogP contribution in [0.5, 0.6) is 0 Å². The van der Waals surface area contributed by atoms with Crippen molar-refractivity contribution in [2.24, 2.45) is 0 Å². The molecule has 3 nitrogen and oxygen atoms in total. The predicted octanol–water partition coefficient (Wildman–Crippen LogP) is 3.82. The van der Waals surface area contributed by atoms with E-state index in [2.05, 4.69) is 35.4 Å². The van der Waals surface area contributed by atoms with Gasteiger partial charge in [0, 0.05) is 4.88 Å². The fraction of sp³-hybridized carbons (Fsp3) is 0.571. The minimum absolute atomic E-state index is 0.304. The first kappa shape index (κ1) is 13.2. The van der Waals surface area contributed by atoms with Crippen molar-refractivity contribution in [3.8, 4) is 9.88 Å². The van der Waals surface area contributed by atoms with Gasteiger partial charge in [0.15, 0.2) is 5.01 Å². The lowest BCUT2D eigenvalue weighted by molar-refractivity contribution is 0.564. The summed E-state index contributed by atoms with van der Waals surface area (Å²) in [5, 5.41) is 14.3. The number of aromatic nitrogens is 2. The molecule has 0 fully saturated rings. The zero-order valence-electron chi connectivity index (χ0n) is 11.4. The van der Waals surface area contributed by atoms with Crippen LogP contribution in [-0.2, 0) is 12.8 Å². The Kier molecular flexibility index (Phi) is 3.96. The Hall–Kier alpha value is -0.780. The van der Waals surface area contributed by atoms with E-state index in [1.807, 2.05) is 11.3 Å². The first-order chi connectivity index (χ1) is 9.28. The van der Waals surface area contributed by atoms with E-state index >= 15 is 0 Å². The maximum atomic E-state index is 4.37. The number of nitrogens with one attached hydrogen (secondary N) is 1. The molecule has 102 valence electrons. The summed E-state index contributed by atoms with van der Waals surface area (Å²) in [5.74, 6) is 0. The smallest absolute Gasteiger partial charge is 0.157 e. The number of rotatable bonds is 5. The molecule has 2 aromatic heterocycles. The second kappa shape index (κ2) is 5.69. The number of hydrogen-bond acceptors (Lipinski definition) is 5. The van der Waals surface area contributed by atoms with Crippen LogP contribution in [0.4, 0.5) is 0 Å². The average Bonchev–Trinajstić information content (AvgIpc) is 3.08. The fourth-order valence-electron chi connectivity index (χ4n) is 2.39. The van der Waals surface area contributed by atoms with Crippen LogP contribution in [0.25, 0.3) is 9.88 Å². The lowest BCUT2D eigenvalue weighted by atomic mass is 10.2. The first-order valence-electron chi connectivity index (χ1n) is 6.96. The average molecular weight is 293 g/mol. The van der Waals surface area contributed by atoms with Gasteiger partial charge in [-0.25, -0.2) is 0 Å². The highest BCUT2D eigenvalue weighted by molar-refractivity contribution is 7.21. The Morgan fingerprint density at radius 3 is 3.00 bits per heavy atom. The second-order valence-corrected chi connectivity index (χ2v) is 7.18. The molecule has 0 aliphatic heterocycles. The molecule has 3 rings (SSSR count). The standard InChI is InChI=1S/C14H19N3S2/c1-3-7-15-9(2)13-16-17-14(19-13)12-8-10-5-4-6-11(10)18-12/h8-9,15H,3-7H2,1-2H3. The summed E-state index contributed by atoms with van der Waals surface area (Å²) in [6.07, 6.45) is 4.96. The third kappa shape index (κ3) is 2.73. The van der Waals surface area contributed by atoms with Gasteiger partial charge in [-0.05, 0) is 50.8 Å². The van der Waals surface area contributed by atoms with Crippen LogP contribution in [0.1, 0.15) is 48.2 Å². The Morgan fingerprint density at radius 1 is 1.32 bits per heavy atom. The monoisotopic (exact) mass is 293 g/mol. The minimum atomic E-state index is 0.304. The number of thiophene rings is 1. The van der Waals surface area contributed by atoms with Crippen molar-refractivity contribution < 1.29 is 0 Å². The maximum Gasteiger partial charge on any atom is 0.157 e. The molecule has 1 aliphatic rings. The quantitative estimate of drug-likeness (QED) is 0.910. The number of aryl methyl sites for hydroxylation is 2. The zero-order chi connectivity index (χ0) is 13.2. The van der Waals surface area contributed by atoms with E-state index in [-0.39, 0.29) is 0 Å². The van der Waals surface area contributed by atoms with E-state index in [1.165, 1.54) is 29.7 Å². The molecule has 1 N–H and O–H groups in total. The molecule has 0 aromatic carbocycles. The summed E-state index contributed by atoms with van der Waals surface area (Å²) in [6, 6.07) is 2.62. The van der Waals surface area contributed by atoms with Crippen LogP contribution in [0.15, 0.2) is 6.07 Å². The number of fused-ring (bicyclic) bond motifs is 1. The third-order valence-corrected chi connectivity index (χ3v) is 5.98. The van der Waals surface area contributed by atoms with Crippen LogP contribution in [0.3, 0.4) is 0 Å². The van der Waals surface area contributed by atoms with Gasteiger partial charge in [0.25, 0.3) is 0 Å². The molecule has 1 atom stereocenters. The Balaban J connectivity index is 1.76. The van der Waals surface area contributed by atoms with Crippen molar-refractivity contribution in [3.63, 3.8) is 0 Å². The number of nitrogens with zero attached hydrogens (tertiary/aromatic N) is 2. The Morgan fingerprint density at radius 2 is 2.21 bits per heavy atom. The van der Waals surface area contributed by atoms with Crippen molar-refractivity contribution in [2.75, 3.05) is 6.54 Å². The molecule has 2 aromatic rings. The van der Waals surface area contributed by atoms with Gasteiger partial charge in [-0.3, -0.25) is 0 Å². The van der Waals surface area contributed by atoms with Gasteiger partial charge in [-0.15, -0.1) is 21.5 Å². The molecule has 0 radical (unpaired) electrons. The number of hydrogen-bond donors (Lipinski definition) is 1. The summed E-state index contributed by atoms with van der Waals surface area (Å²) in [4.78, 5) is 2.86. The van der Waals surface area contributed by atoms with Crippen LogP contribution in [-0.4, -0.2) is 16.7 Å². The lowest BCUT2D eigenvalue weighted by Crippen LogP contribution is -2.18. The Labute approximate surface area is 122 Å². The first-order valence-corrected chi connectivity index (χ1v) is 8.60. The predicted molar refractivity (Wildman–Crippen MR) is 82.0 cm³/mol. The van der Waals surface area contributed by atoms with Gasteiger partial charge >= 0.3 is 0 Å². The molecule has 0 saturated carbocycles. The van der Waals surface area contributed by atoms with Crippen molar-refractivity contribution in [3.05, 3.63) is 21.5 Å². The lowest BCUT2D eigenvalue weighted by Gasteiger charge is -2.08. The molecule has 0 spiro atoms. The molecule has 0 saturated heterocycles. The molecule has 1 unspecified atom stereocenters. The minimum Gasteiger partial charge on any atom is -0.308 e. The normalized spacial score (nSPS) is 15.7. The highest BCUT2D eigenvalue weighted by Crippen LogP contribution is 2.38. The molecule has 5 heteroatoms. The van der Waals surface area contributed by atoms with Gasteiger partial charge in [-0.2, -0.15) is 0 Å². The van der Waals surface area contributed by atoms with E-state index in [9.17, 15) is 0 Å². The van der Waals surface area contributed by atoms with Crippen LogP contribution >= 0.6 is 22.7 Å². The Bertz CT molecular complexity index is 537. The summed E-state index contributed by atoms with van der Waals surface area (Å²) in [6.45, 7) is 5.37. The molecule has 0 amide bonds.